The number of aromatic nitrogens is 2. The van der Waals surface area contributed by atoms with Crippen LogP contribution in [0.4, 0.5) is 5.69 Å². The molecule has 1 amide bonds. The van der Waals surface area contributed by atoms with Gasteiger partial charge < -0.3 is 25.2 Å². The summed E-state index contributed by atoms with van der Waals surface area (Å²) >= 11 is 0. The zero-order chi connectivity index (χ0) is 21.8. The monoisotopic (exact) mass is 422 g/mol. The number of carboxylic acid groups (broad SMARTS) is 1. The Morgan fingerprint density at radius 1 is 1.23 bits per heavy atom. The first-order valence-electron chi connectivity index (χ1n) is 9.82. The Kier molecular flexibility index (Phi) is 5.68. The molecule has 0 unspecified atom stereocenters. The van der Waals surface area contributed by atoms with Crippen LogP contribution < -0.4 is 15.0 Å². The fraction of sp³-hybridized carbons (Fsp3) is 0.273. The van der Waals surface area contributed by atoms with Crippen molar-refractivity contribution in [3.8, 4) is 5.75 Å². The third kappa shape index (κ3) is 4.72. The smallest absolute Gasteiger partial charge is 0.341 e. The summed E-state index contributed by atoms with van der Waals surface area (Å²) in [6.07, 6.45) is 5.68. The van der Waals surface area contributed by atoms with E-state index < -0.39 is 18.2 Å². The molecule has 0 spiro atoms. The number of rotatable bonds is 7. The van der Waals surface area contributed by atoms with Crippen LogP contribution in [0, 0.1) is 0 Å². The number of carbonyl (C=O) groups excluding carboxylic acids is 1. The van der Waals surface area contributed by atoms with Gasteiger partial charge in [0.25, 0.3) is 5.91 Å². The van der Waals surface area contributed by atoms with Crippen molar-refractivity contribution in [2.24, 2.45) is 0 Å². The maximum Gasteiger partial charge on any atom is 0.341 e. The number of β-amino-alcohol motifs (C(OH)–C–C–N with tert-alkyl or cyclic N) is 1. The van der Waals surface area contributed by atoms with Crippen LogP contribution in [-0.4, -0.2) is 63.9 Å². The molecule has 0 aliphatic carbocycles. The minimum atomic E-state index is -1.10. The lowest BCUT2D eigenvalue weighted by Crippen LogP contribution is -2.45. The van der Waals surface area contributed by atoms with Gasteiger partial charge in [-0.25, -0.2) is 4.79 Å². The number of anilines is 1. The number of aliphatic carboxylic acids is 1. The van der Waals surface area contributed by atoms with Gasteiger partial charge in [0.05, 0.1) is 5.52 Å². The summed E-state index contributed by atoms with van der Waals surface area (Å²) in [7, 11) is 0. The number of fused-ring (bicyclic) bond motifs is 1. The molecule has 0 bridgehead atoms. The lowest BCUT2D eigenvalue weighted by molar-refractivity contribution is -0.139. The molecule has 4 rings (SSSR count). The van der Waals surface area contributed by atoms with Crippen molar-refractivity contribution in [3.63, 3.8) is 0 Å². The first-order chi connectivity index (χ1) is 14.9. The second kappa shape index (κ2) is 8.57. The van der Waals surface area contributed by atoms with Crippen molar-refractivity contribution in [2.45, 2.75) is 12.0 Å². The minimum absolute atomic E-state index is 0.0871. The van der Waals surface area contributed by atoms with E-state index in [0.717, 1.165) is 16.6 Å². The molecule has 3 heterocycles. The summed E-state index contributed by atoms with van der Waals surface area (Å²) in [5.41, 5.74) is 1.03. The van der Waals surface area contributed by atoms with Crippen molar-refractivity contribution < 1.29 is 24.5 Å². The summed E-state index contributed by atoms with van der Waals surface area (Å²) in [6, 6.07) is 10.0. The van der Waals surface area contributed by atoms with E-state index in [1.165, 1.54) is 6.07 Å². The first kappa shape index (κ1) is 20.5. The number of carbonyl (C=O) groups is 2. The van der Waals surface area contributed by atoms with Crippen molar-refractivity contribution in [1.82, 2.24) is 15.3 Å². The molecule has 0 radical (unpaired) electrons. The largest absolute Gasteiger partial charge is 0.482 e. The van der Waals surface area contributed by atoms with Crippen LogP contribution in [-0.2, 0) is 4.79 Å². The predicted octanol–water partition coefficient (Wildman–Crippen LogP) is 1.46. The topological polar surface area (TPSA) is 125 Å². The molecule has 1 aliphatic heterocycles. The first-order valence-corrected chi connectivity index (χ1v) is 9.82. The standard InChI is InChI=1S/C22H22N4O5/c27-20(28)12-31-16-3-1-2-15(10-16)21(29)25-13-22(30)6-9-26(14-22)19-5-8-24-18-4-7-23-11-17(18)19/h1-5,7-8,10-11,30H,6,9,12-14H2,(H,25,29)(H,27,28)/t22-/m0/s1. The van der Waals surface area contributed by atoms with Gasteiger partial charge in [-0.2, -0.15) is 0 Å². The summed E-state index contributed by atoms with van der Waals surface area (Å²) in [5.74, 6) is -1.18. The van der Waals surface area contributed by atoms with Crippen molar-refractivity contribution in [1.29, 1.82) is 0 Å². The Morgan fingerprint density at radius 3 is 2.94 bits per heavy atom. The van der Waals surface area contributed by atoms with Gasteiger partial charge >= 0.3 is 5.97 Å². The van der Waals surface area contributed by atoms with Crippen LogP contribution in [0.2, 0.25) is 0 Å². The lowest BCUT2D eigenvalue weighted by Gasteiger charge is -2.25. The van der Waals surface area contributed by atoms with Crippen LogP contribution in [0.3, 0.4) is 0 Å². The second-order valence-corrected chi connectivity index (χ2v) is 7.51. The highest BCUT2D eigenvalue weighted by Crippen LogP contribution is 2.31. The van der Waals surface area contributed by atoms with Crippen LogP contribution in [0.1, 0.15) is 16.8 Å². The van der Waals surface area contributed by atoms with Crippen LogP contribution in [0.5, 0.6) is 5.75 Å². The molecule has 1 fully saturated rings. The van der Waals surface area contributed by atoms with Crippen LogP contribution in [0.25, 0.3) is 10.9 Å². The number of aliphatic hydroxyl groups is 1. The van der Waals surface area contributed by atoms with Gasteiger partial charge in [0.1, 0.15) is 11.4 Å². The van der Waals surface area contributed by atoms with Crippen LogP contribution in [0.15, 0.2) is 55.0 Å². The van der Waals surface area contributed by atoms with E-state index in [-0.39, 0.29) is 12.5 Å². The average Bonchev–Trinajstić information content (AvgIpc) is 3.18. The van der Waals surface area contributed by atoms with Gasteiger partial charge in [0, 0.05) is 54.9 Å². The molecule has 2 aromatic heterocycles. The number of benzene rings is 1. The summed E-state index contributed by atoms with van der Waals surface area (Å²) in [6.45, 7) is 0.603. The molecular formula is C22H22N4O5. The van der Waals surface area contributed by atoms with Gasteiger partial charge in [0.15, 0.2) is 6.61 Å². The number of amides is 1. The minimum Gasteiger partial charge on any atom is -0.482 e. The molecule has 1 atom stereocenters. The summed E-state index contributed by atoms with van der Waals surface area (Å²) in [4.78, 5) is 33.8. The zero-order valence-corrected chi connectivity index (χ0v) is 16.7. The van der Waals surface area contributed by atoms with Gasteiger partial charge in [-0.3, -0.25) is 14.8 Å². The quantitative estimate of drug-likeness (QED) is 0.523. The lowest BCUT2D eigenvalue weighted by atomic mass is 10.0. The van der Waals surface area contributed by atoms with E-state index in [4.69, 9.17) is 9.84 Å². The van der Waals surface area contributed by atoms with Gasteiger partial charge in [-0.1, -0.05) is 6.07 Å². The maximum atomic E-state index is 12.5. The van der Waals surface area contributed by atoms with Gasteiger partial charge in [-0.15, -0.1) is 0 Å². The average molecular weight is 422 g/mol. The third-order valence-corrected chi connectivity index (χ3v) is 5.23. The van der Waals surface area contributed by atoms with E-state index in [1.54, 1.807) is 36.8 Å². The molecule has 3 N–H and O–H groups in total. The molecule has 1 aliphatic rings. The summed E-state index contributed by atoms with van der Waals surface area (Å²) < 4.78 is 5.11. The number of pyridine rings is 2. The Labute approximate surface area is 178 Å². The highest BCUT2D eigenvalue weighted by Gasteiger charge is 2.37. The third-order valence-electron chi connectivity index (χ3n) is 5.23. The molecular weight excluding hydrogens is 400 g/mol. The zero-order valence-electron chi connectivity index (χ0n) is 16.7. The Bertz CT molecular complexity index is 1120. The highest BCUT2D eigenvalue weighted by molar-refractivity contribution is 5.94. The molecule has 31 heavy (non-hydrogen) atoms. The van der Waals surface area contributed by atoms with E-state index >= 15 is 0 Å². The van der Waals surface area contributed by atoms with Crippen molar-refractivity contribution in [3.05, 3.63) is 60.6 Å². The van der Waals surface area contributed by atoms with E-state index in [2.05, 4.69) is 20.2 Å². The maximum absolute atomic E-state index is 12.5. The fourth-order valence-corrected chi connectivity index (χ4v) is 3.68. The molecule has 3 aromatic rings. The number of ether oxygens (including phenoxy) is 1. The number of hydrogen-bond donors (Lipinski definition) is 3. The van der Waals surface area contributed by atoms with E-state index in [0.29, 0.717) is 30.8 Å². The van der Waals surface area contributed by atoms with E-state index in [1.807, 2.05) is 12.1 Å². The van der Waals surface area contributed by atoms with E-state index in [9.17, 15) is 14.7 Å². The second-order valence-electron chi connectivity index (χ2n) is 7.51. The normalized spacial score (nSPS) is 18.2. The van der Waals surface area contributed by atoms with Gasteiger partial charge in [0.2, 0.25) is 0 Å². The Morgan fingerprint density at radius 2 is 2.10 bits per heavy atom. The summed E-state index contributed by atoms with van der Waals surface area (Å²) in [5, 5.41) is 23.4. The predicted molar refractivity (Wildman–Crippen MR) is 113 cm³/mol. The molecule has 9 heteroatoms. The number of carboxylic acids is 1. The van der Waals surface area contributed by atoms with Gasteiger partial charge in [-0.05, 0) is 36.8 Å². The SMILES string of the molecule is O=C(O)COc1cccc(C(=O)NC[C@@]2(O)CCN(c3ccnc4ccncc34)C2)c1. The van der Waals surface area contributed by atoms with Crippen molar-refractivity contribution in [2.75, 3.05) is 31.1 Å². The molecule has 1 aromatic carbocycles. The Hall–Kier alpha value is -3.72. The van der Waals surface area contributed by atoms with Crippen molar-refractivity contribution >= 4 is 28.5 Å². The van der Waals surface area contributed by atoms with Crippen LogP contribution >= 0.6 is 0 Å². The molecule has 0 saturated carbocycles. The molecule has 9 nitrogen and oxygen atoms in total. The Balaban J connectivity index is 1.39. The molecule has 1 saturated heterocycles. The number of nitrogens with zero attached hydrogens (tertiary/aromatic N) is 3. The number of hydrogen-bond acceptors (Lipinski definition) is 7. The fourth-order valence-electron chi connectivity index (χ4n) is 3.68. The highest BCUT2D eigenvalue weighted by atomic mass is 16.5. The number of nitrogens with one attached hydrogen (secondary N) is 1. The molecule has 160 valence electrons.